The van der Waals surface area contributed by atoms with Gasteiger partial charge in [0, 0.05) is 17.7 Å². The highest BCUT2D eigenvalue weighted by Crippen LogP contribution is 2.26. The quantitative estimate of drug-likeness (QED) is 0.437. The summed E-state index contributed by atoms with van der Waals surface area (Å²) in [5.41, 5.74) is 0.534. The molecule has 0 unspecified atom stereocenters. The van der Waals surface area contributed by atoms with Crippen molar-refractivity contribution >= 4 is 5.69 Å². The van der Waals surface area contributed by atoms with Gasteiger partial charge in [0.15, 0.2) is 0 Å². The SMILES string of the molecule is C=C(F)Oc1ccc([N+](=O)[O-])cc1CC. The molecule has 0 aliphatic heterocycles. The predicted octanol–water partition coefficient (Wildman–Crippen LogP) is 2.98. The molecule has 4 nitrogen and oxygen atoms in total. The summed E-state index contributed by atoms with van der Waals surface area (Å²) in [5, 5.41) is 10.5. The second kappa shape index (κ2) is 4.54. The number of nitro benzene ring substituents is 1. The molecule has 1 aromatic carbocycles. The van der Waals surface area contributed by atoms with Crippen LogP contribution in [0.15, 0.2) is 30.8 Å². The van der Waals surface area contributed by atoms with Crippen molar-refractivity contribution in [2.75, 3.05) is 0 Å². The average molecular weight is 211 g/mol. The van der Waals surface area contributed by atoms with E-state index in [1.165, 1.54) is 18.2 Å². The number of hydrogen-bond acceptors (Lipinski definition) is 3. The normalized spacial score (nSPS) is 9.73. The van der Waals surface area contributed by atoms with Gasteiger partial charge in [-0.25, -0.2) is 0 Å². The third kappa shape index (κ3) is 2.77. The van der Waals surface area contributed by atoms with Crippen LogP contribution in [0, 0.1) is 10.1 Å². The lowest BCUT2D eigenvalue weighted by atomic mass is 10.1. The van der Waals surface area contributed by atoms with E-state index in [0.29, 0.717) is 12.0 Å². The number of aryl methyl sites for hydroxylation is 1. The number of rotatable bonds is 4. The molecule has 0 spiro atoms. The van der Waals surface area contributed by atoms with Crippen LogP contribution >= 0.6 is 0 Å². The molecule has 0 radical (unpaired) electrons. The highest BCUT2D eigenvalue weighted by molar-refractivity contribution is 5.44. The van der Waals surface area contributed by atoms with Crippen LogP contribution in [0.2, 0.25) is 0 Å². The van der Waals surface area contributed by atoms with Crippen molar-refractivity contribution in [2.45, 2.75) is 13.3 Å². The molecule has 0 aliphatic rings. The zero-order chi connectivity index (χ0) is 11.4. The van der Waals surface area contributed by atoms with Crippen LogP contribution in [0.3, 0.4) is 0 Å². The third-order valence-corrected chi connectivity index (χ3v) is 1.86. The molecule has 5 heteroatoms. The van der Waals surface area contributed by atoms with Gasteiger partial charge in [-0.3, -0.25) is 10.1 Å². The van der Waals surface area contributed by atoms with Crippen LogP contribution in [0.4, 0.5) is 10.1 Å². The summed E-state index contributed by atoms with van der Waals surface area (Å²) in [6.07, 6.45) is 0.518. The van der Waals surface area contributed by atoms with Crippen molar-refractivity contribution in [3.8, 4) is 5.75 Å². The topological polar surface area (TPSA) is 52.4 Å². The van der Waals surface area contributed by atoms with Gasteiger partial charge in [-0.15, -0.1) is 0 Å². The number of nitrogens with zero attached hydrogens (tertiary/aromatic N) is 1. The molecule has 0 bridgehead atoms. The first-order valence-electron chi connectivity index (χ1n) is 4.34. The van der Waals surface area contributed by atoms with Crippen LogP contribution in [-0.2, 0) is 6.42 Å². The van der Waals surface area contributed by atoms with Gasteiger partial charge in [0.1, 0.15) is 5.75 Å². The monoisotopic (exact) mass is 211 g/mol. The highest BCUT2D eigenvalue weighted by Gasteiger charge is 2.11. The molecule has 0 aromatic heterocycles. The molecule has 1 rings (SSSR count). The van der Waals surface area contributed by atoms with E-state index in [0.717, 1.165) is 0 Å². The maximum absolute atomic E-state index is 12.4. The van der Waals surface area contributed by atoms with E-state index in [1.54, 1.807) is 6.92 Å². The minimum atomic E-state index is -0.932. The van der Waals surface area contributed by atoms with Crippen LogP contribution in [0.5, 0.6) is 5.75 Å². The molecule has 1 aromatic rings. The van der Waals surface area contributed by atoms with E-state index in [4.69, 9.17) is 0 Å². The molecule has 80 valence electrons. The van der Waals surface area contributed by atoms with Gasteiger partial charge >= 0.3 is 0 Å². The molecular formula is C10H10FNO3. The molecule has 15 heavy (non-hydrogen) atoms. The maximum Gasteiger partial charge on any atom is 0.270 e. The number of halogens is 1. The molecule has 0 atom stereocenters. The van der Waals surface area contributed by atoms with Crippen molar-refractivity contribution in [2.24, 2.45) is 0 Å². The number of hydrogen-bond donors (Lipinski definition) is 0. The Morgan fingerprint density at radius 3 is 2.80 bits per heavy atom. The summed E-state index contributed by atoms with van der Waals surface area (Å²) < 4.78 is 17.1. The van der Waals surface area contributed by atoms with Crippen molar-refractivity contribution < 1.29 is 14.1 Å². The van der Waals surface area contributed by atoms with Crippen molar-refractivity contribution in [3.63, 3.8) is 0 Å². The van der Waals surface area contributed by atoms with E-state index in [2.05, 4.69) is 11.3 Å². The predicted molar refractivity (Wildman–Crippen MR) is 53.4 cm³/mol. The second-order valence-electron chi connectivity index (χ2n) is 2.86. The summed E-state index contributed by atoms with van der Waals surface area (Å²) in [7, 11) is 0. The second-order valence-corrected chi connectivity index (χ2v) is 2.86. The Balaban J connectivity index is 3.08. The lowest BCUT2D eigenvalue weighted by molar-refractivity contribution is -0.384. The summed E-state index contributed by atoms with van der Waals surface area (Å²) in [4.78, 5) is 9.97. The van der Waals surface area contributed by atoms with Crippen LogP contribution in [0.1, 0.15) is 12.5 Å². The summed E-state index contributed by atoms with van der Waals surface area (Å²) in [6.45, 7) is 4.76. The Morgan fingerprint density at radius 2 is 2.33 bits per heavy atom. The number of ether oxygens (including phenoxy) is 1. The zero-order valence-electron chi connectivity index (χ0n) is 8.20. The minimum Gasteiger partial charge on any atom is -0.432 e. The standard InChI is InChI=1S/C10H10FNO3/c1-3-8-6-9(12(13)14)4-5-10(8)15-7(2)11/h4-6H,2-3H2,1H3. The van der Waals surface area contributed by atoms with Crippen LogP contribution < -0.4 is 4.74 Å². The lowest BCUT2D eigenvalue weighted by Gasteiger charge is -2.06. The summed E-state index contributed by atoms with van der Waals surface area (Å²) in [5.74, 6) is 0.260. The fourth-order valence-electron chi connectivity index (χ4n) is 1.17. The highest BCUT2D eigenvalue weighted by atomic mass is 19.1. The summed E-state index contributed by atoms with van der Waals surface area (Å²) in [6, 6.07) is 3.05. The number of non-ortho nitro benzene ring substituents is 1. The Bertz CT molecular complexity index is 404. The molecule has 0 fully saturated rings. The fourth-order valence-corrected chi connectivity index (χ4v) is 1.17. The van der Waals surface area contributed by atoms with E-state index >= 15 is 0 Å². The fraction of sp³-hybridized carbons (Fsp3) is 0.200. The largest absolute Gasteiger partial charge is 0.432 e. The van der Waals surface area contributed by atoms with E-state index in [1.807, 2.05) is 0 Å². The molecule has 0 N–H and O–H groups in total. The summed E-state index contributed by atoms with van der Waals surface area (Å²) >= 11 is 0. The van der Waals surface area contributed by atoms with Crippen molar-refractivity contribution in [3.05, 3.63) is 46.5 Å². The zero-order valence-corrected chi connectivity index (χ0v) is 8.20. The van der Waals surface area contributed by atoms with Gasteiger partial charge < -0.3 is 4.74 Å². The van der Waals surface area contributed by atoms with Gasteiger partial charge in [0.25, 0.3) is 11.7 Å². The first-order valence-corrected chi connectivity index (χ1v) is 4.34. The van der Waals surface area contributed by atoms with Gasteiger partial charge in [-0.1, -0.05) is 6.92 Å². The van der Waals surface area contributed by atoms with E-state index in [-0.39, 0.29) is 11.4 Å². The van der Waals surface area contributed by atoms with Crippen LogP contribution in [-0.4, -0.2) is 4.92 Å². The third-order valence-electron chi connectivity index (χ3n) is 1.86. The van der Waals surface area contributed by atoms with E-state index in [9.17, 15) is 14.5 Å². The Hall–Kier alpha value is -1.91. The molecule has 0 saturated carbocycles. The Morgan fingerprint density at radius 1 is 1.67 bits per heavy atom. The van der Waals surface area contributed by atoms with E-state index < -0.39 is 10.9 Å². The van der Waals surface area contributed by atoms with Gasteiger partial charge in [-0.2, -0.15) is 4.39 Å². The maximum atomic E-state index is 12.4. The first-order chi connectivity index (χ1) is 7.04. The number of nitro groups is 1. The molecule has 0 amide bonds. The average Bonchev–Trinajstić information content (AvgIpc) is 2.17. The molecule has 0 saturated heterocycles. The molecule has 0 aliphatic carbocycles. The van der Waals surface area contributed by atoms with Gasteiger partial charge in [-0.05, 0) is 19.1 Å². The van der Waals surface area contributed by atoms with Gasteiger partial charge in [0.2, 0.25) is 0 Å². The van der Waals surface area contributed by atoms with Crippen molar-refractivity contribution in [1.82, 2.24) is 0 Å². The lowest BCUT2D eigenvalue weighted by Crippen LogP contribution is -1.95. The molecule has 0 heterocycles. The first kappa shape index (κ1) is 11.2. The Kier molecular flexibility index (Phi) is 3.38. The van der Waals surface area contributed by atoms with Gasteiger partial charge in [0.05, 0.1) is 4.92 Å². The number of benzene rings is 1. The van der Waals surface area contributed by atoms with Crippen LogP contribution in [0.25, 0.3) is 0 Å². The Labute approximate surface area is 86.1 Å². The smallest absolute Gasteiger partial charge is 0.270 e. The van der Waals surface area contributed by atoms with Crippen molar-refractivity contribution in [1.29, 1.82) is 0 Å². The molecular weight excluding hydrogens is 201 g/mol. The minimum absolute atomic E-state index is 0.0383.